The fourth-order valence-electron chi connectivity index (χ4n) is 6.99. The summed E-state index contributed by atoms with van der Waals surface area (Å²) >= 11 is 0. The number of benzene rings is 2. The highest BCUT2D eigenvalue weighted by Crippen LogP contribution is 2.50. The topological polar surface area (TPSA) is 102 Å². The first-order valence-corrected chi connectivity index (χ1v) is 14.5. The van der Waals surface area contributed by atoms with Gasteiger partial charge >= 0.3 is 17.9 Å². The van der Waals surface area contributed by atoms with Crippen molar-refractivity contribution in [3.8, 4) is 0 Å². The van der Waals surface area contributed by atoms with Gasteiger partial charge in [-0.15, -0.1) is 0 Å². The smallest absolute Gasteiger partial charge is 0.329 e. The van der Waals surface area contributed by atoms with Gasteiger partial charge in [0, 0.05) is 11.8 Å². The van der Waals surface area contributed by atoms with Crippen molar-refractivity contribution in [1.82, 2.24) is 5.06 Å². The minimum absolute atomic E-state index is 0.00421. The Bertz CT molecular complexity index is 1220. The zero-order valence-corrected chi connectivity index (χ0v) is 24.9. The average Bonchev–Trinajstić information content (AvgIpc) is 3.21. The molecule has 1 saturated carbocycles. The number of nitrogens with zero attached hydrogens (tertiary/aromatic N) is 1. The van der Waals surface area contributed by atoms with Crippen molar-refractivity contribution in [2.75, 3.05) is 13.7 Å². The average molecular weight is 566 g/mol. The molecule has 0 aromatic heterocycles. The Morgan fingerprint density at radius 3 is 2.20 bits per heavy atom. The van der Waals surface area contributed by atoms with Crippen LogP contribution in [-0.4, -0.2) is 59.6 Å². The molecule has 0 spiro atoms. The molecule has 222 valence electrons. The van der Waals surface area contributed by atoms with Gasteiger partial charge in [-0.25, -0.2) is 4.79 Å². The summed E-state index contributed by atoms with van der Waals surface area (Å²) in [5.74, 6) is -4.03. The molecule has 0 radical (unpaired) electrons. The van der Waals surface area contributed by atoms with E-state index in [0.717, 1.165) is 18.4 Å². The quantitative estimate of drug-likeness (QED) is 0.341. The van der Waals surface area contributed by atoms with Crippen molar-refractivity contribution in [2.45, 2.75) is 82.9 Å². The molecule has 1 heterocycles. The van der Waals surface area contributed by atoms with Crippen molar-refractivity contribution < 1.29 is 33.8 Å². The standard InChI is InChI=1S/C33H43NO7/c1-7-40-30(36)28-26(22-14-10-8-11-15-22)27(29(35)39-6)33(5,34(28)38)31(37)41-25-20-21(2)18-19-24(25)32(3,4)23-16-12-9-13-17-23/h8-17,21,24-28,38H,7,18-20H2,1-6H3/t21-,24-,25-,26+,27-,28+,33+/m1/s1. The van der Waals surface area contributed by atoms with Gasteiger partial charge in [-0.1, -0.05) is 87.9 Å². The zero-order chi connectivity index (χ0) is 29.9. The summed E-state index contributed by atoms with van der Waals surface area (Å²) in [4.78, 5) is 41.0. The molecule has 4 rings (SSSR count). The van der Waals surface area contributed by atoms with Crippen LogP contribution in [0.3, 0.4) is 0 Å². The molecule has 0 unspecified atom stereocenters. The number of methoxy groups -OCH3 is 1. The Morgan fingerprint density at radius 2 is 1.61 bits per heavy atom. The number of hydrogen-bond acceptors (Lipinski definition) is 8. The second kappa shape index (κ2) is 12.3. The summed E-state index contributed by atoms with van der Waals surface area (Å²) in [6.45, 7) is 9.66. The lowest BCUT2D eigenvalue weighted by atomic mass is 9.64. The van der Waals surface area contributed by atoms with Crippen LogP contribution in [0.4, 0.5) is 0 Å². The van der Waals surface area contributed by atoms with Crippen molar-refractivity contribution in [3.05, 3.63) is 71.8 Å². The summed E-state index contributed by atoms with van der Waals surface area (Å²) in [5.41, 5.74) is -0.460. The van der Waals surface area contributed by atoms with Gasteiger partial charge < -0.3 is 19.4 Å². The van der Waals surface area contributed by atoms with E-state index in [2.05, 4.69) is 32.9 Å². The van der Waals surface area contributed by atoms with E-state index in [0.29, 0.717) is 23.0 Å². The molecule has 1 aliphatic heterocycles. The SMILES string of the molecule is CCOC(=O)[C@@H]1[C@@H](c2ccccc2)[C@H](C(=O)OC)[C@@](C)(C(=O)O[C@@H]2C[C@H](C)CC[C@H]2C(C)(C)c2ccccc2)N1O. The molecule has 2 fully saturated rings. The molecule has 1 saturated heterocycles. The molecule has 7 atom stereocenters. The number of hydroxylamine groups is 2. The molecule has 8 heteroatoms. The maximum absolute atomic E-state index is 14.3. The van der Waals surface area contributed by atoms with E-state index < -0.39 is 47.4 Å². The molecule has 2 aromatic rings. The molecule has 2 aliphatic rings. The number of carbonyl (C=O) groups excluding carboxylic acids is 3. The van der Waals surface area contributed by atoms with Crippen LogP contribution in [-0.2, 0) is 34.0 Å². The van der Waals surface area contributed by atoms with E-state index in [1.165, 1.54) is 14.0 Å². The number of ether oxygens (including phenoxy) is 3. The van der Waals surface area contributed by atoms with Crippen LogP contribution < -0.4 is 0 Å². The van der Waals surface area contributed by atoms with Crippen molar-refractivity contribution in [2.24, 2.45) is 17.8 Å². The van der Waals surface area contributed by atoms with Crippen molar-refractivity contribution in [1.29, 1.82) is 0 Å². The van der Waals surface area contributed by atoms with Crippen LogP contribution in [0, 0.1) is 17.8 Å². The molecule has 0 bridgehead atoms. The Labute approximate surface area is 242 Å². The van der Waals surface area contributed by atoms with Crippen LogP contribution in [0.1, 0.15) is 70.9 Å². The second-order valence-corrected chi connectivity index (χ2v) is 12.2. The molecule has 0 amide bonds. The second-order valence-electron chi connectivity index (χ2n) is 12.2. The van der Waals surface area contributed by atoms with Crippen molar-refractivity contribution in [3.63, 3.8) is 0 Å². The highest BCUT2D eigenvalue weighted by molar-refractivity contribution is 5.93. The van der Waals surface area contributed by atoms with E-state index in [-0.39, 0.29) is 17.9 Å². The predicted molar refractivity (Wildman–Crippen MR) is 153 cm³/mol. The molecular weight excluding hydrogens is 522 g/mol. The van der Waals surface area contributed by atoms with E-state index in [4.69, 9.17) is 14.2 Å². The monoisotopic (exact) mass is 565 g/mol. The summed E-state index contributed by atoms with van der Waals surface area (Å²) in [6, 6.07) is 17.8. The molecular formula is C33H43NO7. The summed E-state index contributed by atoms with van der Waals surface area (Å²) in [6.07, 6.45) is 2.06. The van der Waals surface area contributed by atoms with E-state index in [9.17, 15) is 19.6 Å². The van der Waals surface area contributed by atoms with Gasteiger partial charge in [0.05, 0.1) is 19.6 Å². The highest BCUT2D eigenvalue weighted by Gasteiger charge is 2.67. The maximum atomic E-state index is 14.3. The van der Waals surface area contributed by atoms with Crippen LogP contribution in [0.2, 0.25) is 0 Å². The number of rotatable bonds is 8. The number of esters is 3. The van der Waals surface area contributed by atoms with Crippen molar-refractivity contribution >= 4 is 17.9 Å². The molecule has 2 aromatic carbocycles. The Hall–Kier alpha value is -3.23. The molecule has 1 aliphatic carbocycles. The third kappa shape index (κ3) is 5.64. The number of hydrogen-bond donors (Lipinski definition) is 1. The fourth-order valence-corrected chi connectivity index (χ4v) is 6.99. The predicted octanol–water partition coefficient (Wildman–Crippen LogP) is 5.28. The lowest BCUT2D eigenvalue weighted by Gasteiger charge is -2.45. The van der Waals surface area contributed by atoms with E-state index >= 15 is 0 Å². The van der Waals surface area contributed by atoms with Gasteiger partial charge in [0.2, 0.25) is 0 Å². The van der Waals surface area contributed by atoms with Crippen LogP contribution in [0.15, 0.2) is 60.7 Å². The molecule has 1 N–H and O–H groups in total. The largest absolute Gasteiger partial charge is 0.469 e. The highest BCUT2D eigenvalue weighted by atomic mass is 16.6. The lowest BCUT2D eigenvalue weighted by Crippen LogP contribution is -2.57. The third-order valence-electron chi connectivity index (χ3n) is 9.38. The maximum Gasteiger partial charge on any atom is 0.329 e. The van der Waals surface area contributed by atoms with Gasteiger partial charge in [0.15, 0.2) is 5.54 Å². The first-order chi connectivity index (χ1) is 19.5. The summed E-state index contributed by atoms with van der Waals surface area (Å²) in [7, 11) is 1.23. The third-order valence-corrected chi connectivity index (χ3v) is 9.38. The van der Waals surface area contributed by atoms with Gasteiger partial charge in [0.1, 0.15) is 12.1 Å². The van der Waals surface area contributed by atoms with Crippen LogP contribution >= 0.6 is 0 Å². The molecule has 41 heavy (non-hydrogen) atoms. The lowest BCUT2D eigenvalue weighted by molar-refractivity contribution is -0.216. The fraction of sp³-hybridized carbons (Fsp3) is 0.545. The Kier molecular flexibility index (Phi) is 9.24. The summed E-state index contributed by atoms with van der Waals surface area (Å²) in [5, 5.41) is 12.3. The van der Waals surface area contributed by atoms with Gasteiger partial charge in [0.25, 0.3) is 0 Å². The van der Waals surface area contributed by atoms with Gasteiger partial charge in [-0.05, 0) is 49.1 Å². The van der Waals surface area contributed by atoms with Crippen LogP contribution in [0.25, 0.3) is 0 Å². The minimum Gasteiger partial charge on any atom is -0.469 e. The van der Waals surface area contributed by atoms with Gasteiger partial charge in [-0.3, -0.25) is 9.59 Å². The minimum atomic E-state index is -1.91. The Morgan fingerprint density at radius 1 is 1.00 bits per heavy atom. The van der Waals surface area contributed by atoms with Crippen LogP contribution in [0.5, 0.6) is 0 Å². The first kappa shape index (κ1) is 30.7. The normalized spacial score (nSPS) is 30.4. The van der Waals surface area contributed by atoms with E-state index in [1.54, 1.807) is 31.2 Å². The first-order valence-electron chi connectivity index (χ1n) is 14.5. The van der Waals surface area contributed by atoms with E-state index in [1.807, 2.05) is 24.3 Å². The Balaban J connectivity index is 1.75. The number of carbonyl (C=O) groups is 3. The zero-order valence-electron chi connectivity index (χ0n) is 24.9. The van der Waals surface area contributed by atoms with Gasteiger partial charge in [-0.2, -0.15) is 5.06 Å². The molecule has 8 nitrogen and oxygen atoms in total. The summed E-state index contributed by atoms with van der Waals surface area (Å²) < 4.78 is 16.8.